The monoisotopic (exact) mass is 410 g/mol. The molecule has 0 unspecified atom stereocenters. The topological polar surface area (TPSA) is 0 Å². The van der Waals surface area contributed by atoms with Crippen molar-refractivity contribution in [3.8, 4) is 0 Å². The van der Waals surface area contributed by atoms with Crippen molar-refractivity contribution < 1.29 is 76.4 Å². The minimum Gasteiger partial charge on any atom is -1.00 e. The van der Waals surface area contributed by atoms with E-state index in [1.54, 1.807) is 0 Å². The van der Waals surface area contributed by atoms with Crippen LogP contribution in [0.25, 0.3) is 0 Å². The Bertz CT molecular complexity index is 81.4. The molecule has 0 amide bonds. The molecule has 0 aromatic heterocycles. The smallest absolute Gasteiger partial charge is 1.00 e. The van der Waals surface area contributed by atoms with Gasteiger partial charge in [-0.3, -0.25) is 0 Å². The van der Waals surface area contributed by atoms with Crippen molar-refractivity contribution in [2.75, 3.05) is 0 Å². The second kappa shape index (κ2) is 3.40. The number of rotatable bonds is 0. The van der Waals surface area contributed by atoms with Gasteiger partial charge in [-0.2, -0.15) is 0 Å². The third-order valence-corrected chi connectivity index (χ3v) is 0. The molecule has 9 heteroatoms. The molecule has 0 bridgehead atoms. The van der Waals surface area contributed by atoms with Gasteiger partial charge in [-0.1, -0.05) is 0 Å². The Balaban J connectivity index is -0.0000000180. The molecule has 0 spiro atoms. The molecule has 0 rings (SSSR count). The zero-order valence-corrected chi connectivity index (χ0v) is 9.77. The Morgan fingerprint density at radius 1 is 0.889 bits per heavy atom. The Morgan fingerprint density at radius 3 is 0.889 bits per heavy atom. The second-order valence-corrected chi connectivity index (χ2v) is 2.87. The minimum atomic E-state index is -10.7. The van der Waals surface area contributed by atoms with Gasteiger partial charge in [0.15, 0.2) is 0 Å². The van der Waals surface area contributed by atoms with E-state index in [1.807, 2.05) is 0 Å². The summed E-state index contributed by atoms with van der Waals surface area (Å²) < 4.78 is 59.2. The van der Waals surface area contributed by atoms with E-state index in [4.69, 9.17) is 0 Å². The first-order valence-electron chi connectivity index (χ1n) is 1.01. The maximum Gasteiger partial charge on any atom is 2.00 e. The van der Waals surface area contributed by atoms with Crippen LogP contribution in [0.3, 0.4) is 0 Å². The average molecular weight is 409 g/mol. The molecule has 0 saturated heterocycles. The van der Waals surface area contributed by atoms with Crippen LogP contribution < -0.4 is 0 Å². The zero-order valence-electron chi connectivity index (χ0n) is 6.69. The molecule has 0 nitrogen and oxygen atoms in total. The molecule has 0 aliphatic heterocycles. The molecule has 0 aliphatic rings. The summed E-state index contributed by atoms with van der Waals surface area (Å²) in [6.07, 6.45) is 0. The van der Waals surface area contributed by atoms with Gasteiger partial charge in [-0.25, -0.2) is 0 Å². The van der Waals surface area contributed by atoms with Crippen molar-refractivity contribution >= 4 is 53.3 Å². The van der Waals surface area contributed by atoms with Gasteiger partial charge >= 0.3 is 79.9 Å². The standard InChI is InChI=1S/F6P.Sr.Yb.2H/c1-7(2,3,4,5)6;;;;/q-1;+2;;2*-1/p+1. The molecule has 0 heterocycles. The first kappa shape index (κ1) is 17.9. The summed E-state index contributed by atoms with van der Waals surface area (Å²) in [5.41, 5.74) is 0. The fourth-order valence-corrected chi connectivity index (χ4v) is 0. The molecule has 9 heavy (non-hydrogen) atoms. The van der Waals surface area contributed by atoms with E-state index in [0.717, 1.165) is 0 Å². The minimum absolute atomic E-state index is 0. The molecule has 0 N–H and O–H groups in total. The largest absolute Gasteiger partial charge is 2.00 e. The predicted octanol–water partition coefficient (Wildman–Crippen LogP) is 3.34. The molecule has 0 radical (unpaired) electrons. The van der Waals surface area contributed by atoms with Crippen LogP contribution in [0.1, 0.15) is 4.28 Å². The van der Waals surface area contributed by atoms with Gasteiger partial charge in [0.05, 0.1) is 0 Å². The van der Waals surface area contributed by atoms with Gasteiger partial charge < -0.3 is 2.85 Å². The maximum atomic E-state index is 9.87. The molecule has 0 aromatic carbocycles. The summed E-state index contributed by atoms with van der Waals surface area (Å²) >= 11 is 0. The summed E-state index contributed by atoms with van der Waals surface area (Å²) in [4.78, 5) is 0. The Morgan fingerprint density at radius 2 is 0.889 bits per heavy atom. The molecule has 0 aliphatic carbocycles. The van der Waals surface area contributed by atoms with Crippen LogP contribution in [0.15, 0.2) is 0 Å². The number of hydrogen-bond donors (Lipinski definition) is 0. The van der Waals surface area contributed by atoms with E-state index in [9.17, 15) is 25.2 Å². The third-order valence-electron chi connectivity index (χ3n) is 0. The van der Waals surface area contributed by atoms with Gasteiger partial charge in [0, 0.05) is 46.9 Å². The second-order valence-electron chi connectivity index (χ2n) is 0.958. The zero-order chi connectivity index (χ0) is 6.41. The summed E-state index contributed by atoms with van der Waals surface area (Å²) in [5, 5.41) is 0. The first-order chi connectivity index (χ1) is 2.45. The molecule has 0 fully saturated rings. The molecular formula is H3F6PSrYb. The summed E-state index contributed by atoms with van der Waals surface area (Å²) in [6.45, 7) is 0. The summed E-state index contributed by atoms with van der Waals surface area (Å²) in [6, 6.07) is 0. The Labute approximate surface area is 127 Å². The average Bonchev–Trinajstić information content (AvgIpc) is 0.592. The molecule has 66 valence electrons. The van der Waals surface area contributed by atoms with Crippen molar-refractivity contribution in [1.29, 1.82) is 0 Å². The van der Waals surface area contributed by atoms with Crippen molar-refractivity contribution in [3.63, 3.8) is 0 Å². The third kappa shape index (κ3) is 98.7. The Hall–Kier alpha value is 3.01. The van der Waals surface area contributed by atoms with Gasteiger partial charge in [0.25, 0.3) is 0 Å². The fourth-order valence-electron chi connectivity index (χ4n) is 0. The summed E-state index contributed by atoms with van der Waals surface area (Å²) in [5.74, 6) is 0. The molecule has 0 atom stereocenters. The van der Waals surface area contributed by atoms with Crippen LogP contribution >= 0.6 is 7.81 Å². The van der Waals surface area contributed by atoms with E-state index >= 15 is 0 Å². The maximum absolute atomic E-state index is 10.7. The van der Waals surface area contributed by atoms with Crippen LogP contribution in [-0.4, -0.2) is 45.5 Å². The van der Waals surface area contributed by atoms with Crippen molar-refractivity contribution in [1.82, 2.24) is 0 Å². The van der Waals surface area contributed by atoms with Crippen LogP contribution in [0, 0.1) is 46.9 Å². The van der Waals surface area contributed by atoms with E-state index in [1.165, 1.54) is 0 Å². The van der Waals surface area contributed by atoms with Crippen LogP contribution in [0.4, 0.5) is 25.2 Å². The molecular weight excluding hydrogens is 406 g/mol. The van der Waals surface area contributed by atoms with E-state index in [2.05, 4.69) is 0 Å². The number of halogens is 6. The first-order valence-corrected chi connectivity index (χ1v) is 3.04. The molecule has 0 saturated carbocycles. The van der Waals surface area contributed by atoms with E-state index in [0.29, 0.717) is 0 Å². The quantitative estimate of drug-likeness (QED) is 0.328. The number of hydrogen-bond acceptors (Lipinski definition) is 0. The van der Waals surface area contributed by atoms with Crippen molar-refractivity contribution in [3.05, 3.63) is 0 Å². The van der Waals surface area contributed by atoms with Gasteiger partial charge in [-0.05, 0) is 0 Å². The van der Waals surface area contributed by atoms with E-state index in [-0.39, 0.29) is 96.7 Å². The van der Waals surface area contributed by atoms with Crippen molar-refractivity contribution in [2.24, 2.45) is 0 Å². The normalized spacial score (nSPS) is 18.0. The van der Waals surface area contributed by atoms with Crippen LogP contribution in [0.2, 0.25) is 0 Å². The SMILES string of the molecule is F[P-](F)(F)(F)(F)F.[H+].[H-].[H-].[Sr+2].[Yb]. The van der Waals surface area contributed by atoms with E-state index < -0.39 is 7.81 Å². The van der Waals surface area contributed by atoms with Gasteiger partial charge in [0.2, 0.25) is 0 Å². The predicted molar refractivity (Wildman–Crippen MR) is 22.7 cm³/mol. The van der Waals surface area contributed by atoms with Crippen LogP contribution in [0.5, 0.6) is 0 Å². The molecule has 0 aromatic rings. The van der Waals surface area contributed by atoms with Gasteiger partial charge in [-0.15, -0.1) is 0 Å². The van der Waals surface area contributed by atoms with Gasteiger partial charge in [0.1, 0.15) is 0 Å². The fraction of sp³-hybridized carbons (Fsp3) is 0. The van der Waals surface area contributed by atoms with Crippen LogP contribution in [-0.2, 0) is 0 Å². The summed E-state index contributed by atoms with van der Waals surface area (Å²) in [7, 11) is -10.7. The Kier molecular flexibility index (Phi) is 6.78. The van der Waals surface area contributed by atoms with Crippen molar-refractivity contribution in [2.45, 2.75) is 0 Å².